The summed E-state index contributed by atoms with van der Waals surface area (Å²) in [4.78, 5) is 13.0. The maximum absolute atomic E-state index is 12.1. The molecule has 0 atom stereocenters. The molecule has 0 saturated carbocycles. The molecule has 2 aromatic rings. The Balaban J connectivity index is 2.64. The zero-order chi connectivity index (χ0) is 16.8. The molecular weight excluding hydrogens is 316 g/mol. The van der Waals surface area contributed by atoms with Gasteiger partial charge in [-0.25, -0.2) is 4.79 Å². The van der Waals surface area contributed by atoms with E-state index in [4.69, 9.17) is 10.5 Å². The van der Waals surface area contributed by atoms with Crippen LogP contribution < -0.4 is 10.6 Å². The maximum atomic E-state index is 12.1. The number of esters is 1. The lowest BCUT2D eigenvalue weighted by Gasteiger charge is -2.23. The Hall–Kier alpha value is -2.80. The third-order valence-corrected chi connectivity index (χ3v) is 3.64. The van der Waals surface area contributed by atoms with E-state index in [0.717, 1.165) is 0 Å². The summed E-state index contributed by atoms with van der Waals surface area (Å²) in [6, 6.07) is 15.2. The number of carbonyl (C=O) groups is 1. The van der Waals surface area contributed by atoms with Crippen LogP contribution >= 0.6 is 0 Å². The zero-order valence-corrected chi connectivity index (χ0v) is 13.3. The molecule has 0 amide bonds. The van der Waals surface area contributed by atoms with Crippen LogP contribution in [0.4, 0.5) is 17.1 Å². The molecule has 2 rings (SSSR count). The van der Waals surface area contributed by atoms with Gasteiger partial charge in [0.2, 0.25) is 10.3 Å². The number of anilines is 3. The number of nitrogens with two attached hydrogens (primary N) is 1. The van der Waals surface area contributed by atoms with E-state index in [2.05, 4.69) is 0 Å². The van der Waals surface area contributed by atoms with Crippen molar-refractivity contribution in [3.63, 3.8) is 0 Å². The molecule has 2 N–H and O–H groups in total. The van der Waals surface area contributed by atoms with Gasteiger partial charge in [-0.1, -0.05) is 18.2 Å². The number of para-hydroxylation sites is 1. The normalized spacial score (nSPS) is 9.96. The minimum absolute atomic E-state index is 0.0733. The molecule has 0 aliphatic rings. The topological polar surface area (TPSA) is 89.7 Å². The molecule has 7 heteroatoms. The lowest BCUT2D eigenvalue weighted by Crippen LogP contribution is -2.35. The van der Waals surface area contributed by atoms with Crippen LogP contribution in [0.15, 0.2) is 54.6 Å². The van der Waals surface area contributed by atoms with Crippen molar-refractivity contribution in [3.8, 4) is 0 Å². The van der Waals surface area contributed by atoms with Crippen molar-refractivity contribution >= 4 is 38.3 Å². The largest absolute Gasteiger partial charge is 0.461 e. The average molecular weight is 332 g/mol. The summed E-state index contributed by atoms with van der Waals surface area (Å²) in [6.45, 7) is 1.68. The van der Waals surface area contributed by atoms with Crippen LogP contribution in [0.1, 0.15) is 6.92 Å². The van der Waals surface area contributed by atoms with Crippen molar-refractivity contribution in [2.45, 2.75) is 6.92 Å². The molecule has 0 bridgehead atoms. The predicted octanol–water partition coefficient (Wildman–Crippen LogP) is 1.98. The standard InChI is InChI=1S/C16H16N2O4S/c1-2-22-16(19)15(23(20)21)18(13-6-4-3-5-7-13)14-10-8-12(17)9-11-14/h3-11H,2,17H2,1H3. The van der Waals surface area contributed by atoms with Crippen LogP contribution in [0.2, 0.25) is 0 Å². The quantitative estimate of drug-likeness (QED) is 0.525. The fourth-order valence-electron chi connectivity index (χ4n) is 2.01. The van der Waals surface area contributed by atoms with E-state index < -0.39 is 21.3 Å². The molecule has 0 aromatic heterocycles. The Morgan fingerprint density at radius 3 is 2.13 bits per heavy atom. The molecule has 0 aliphatic carbocycles. The van der Waals surface area contributed by atoms with E-state index in [1.807, 2.05) is 0 Å². The monoisotopic (exact) mass is 332 g/mol. The van der Waals surface area contributed by atoms with Crippen molar-refractivity contribution < 1.29 is 17.9 Å². The highest BCUT2D eigenvalue weighted by Crippen LogP contribution is 2.26. The van der Waals surface area contributed by atoms with Gasteiger partial charge >= 0.3 is 5.97 Å². The third kappa shape index (κ3) is 3.89. The van der Waals surface area contributed by atoms with Crippen LogP contribution in [0.3, 0.4) is 0 Å². The molecular formula is C16H16N2O4S. The molecule has 2 aromatic carbocycles. The lowest BCUT2D eigenvalue weighted by molar-refractivity contribution is -0.134. The Morgan fingerprint density at radius 2 is 1.61 bits per heavy atom. The molecule has 0 fully saturated rings. The second kappa shape index (κ2) is 7.46. The highest BCUT2D eigenvalue weighted by Gasteiger charge is 2.25. The summed E-state index contributed by atoms with van der Waals surface area (Å²) in [7, 11) is -2.78. The number of hydrogen-bond donors (Lipinski definition) is 1. The maximum Gasteiger partial charge on any atom is 0.371 e. The van der Waals surface area contributed by atoms with Gasteiger partial charge in [0.25, 0.3) is 4.99 Å². The molecule has 0 radical (unpaired) electrons. The van der Waals surface area contributed by atoms with Gasteiger partial charge in [-0.05, 0) is 43.3 Å². The van der Waals surface area contributed by atoms with E-state index in [9.17, 15) is 13.2 Å². The zero-order valence-electron chi connectivity index (χ0n) is 12.5. The van der Waals surface area contributed by atoms with Gasteiger partial charge in [-0.2, -0.15) is 8.42 Å². The van der Waals surface area contributed by atoms with Gasteiger partial charge in [0.15, 0.2) is 0 Å². The minimum atomic E-state index is -2.78. The van der Waals surface area contributed by atoms with Crippen molar-refractivity contribution in [2.75, 3.05) is 17.2 Å². The van der Waals surface area contributed by atoms with Gasteiger partial charge < -0.3 is 10.5 Å². The minimum Gasteiger partial charge on any atom is -0.461 e. The second-order valence-electron chi connectivity index (χ2n) is 4.52. The lowest BCUT2D eigenvalue weighted by atomic mass is 10.2. The molecule has 120 valence electrons. The number of carbonyl (C=O) groups excluding carboxylic acids is 1. The molecule has 0 spiro atoms. The van der Waals surface area contributed by atoms with Crippen molar-refractivity contribution in [2.24, 2.45) is 0 Å². The van der Waals surface area contributed by atoms with Crippen molar-refractivity contribution in [1.82, 2.24) is 0 Å². The van der Waals surface area contributed by atoms with Crippen LogP contribution in [-0.2, 0) is 19.8 Å². The first-order valence-corrected chi connectivity index (χ1v) is 7.96. The Labute approximate surface area is 135 Å². The van der Waals surface area contributed by atoms with E-state index in [-0.39, 0.29) is 6.61 Å². The van der Waals surface area contributed by atoms with Crippen molar-refractivity contribution in [1.29, 1.82) is 0 Å². The second-order valence-corrected chi connectivity index (χ2v) is 5.38. The molecule has 0 unspecified atom stereocenters. The Kier molecular flexibility index (Phi) is 5.37. The van der Waals surface area contributed by atoms with Gasteiger partial charge in [-0.3, -0.25) is 4.90 Å². The number of ether oxygens (including phenoxy) is 1. The van der Waals surface area contributed by atoms with Gasteiger partial charge in [0.05, 0.1) is 6.61 Å². The van der Waals surface area contributed by atoms with E-state index >= 15 is 0 Å². The molecule has 23 heavy (non-hydrogen) atoms. The van der Waals surface area contributed by atoms with Crippen molar-refractivity contribution in [3.05, 3.63) is 54.6 Å². The first-order valence-electron chi connectivity index (χ1n) is 6.88. The summed E-state index contributed by atoms with van der Waals surface area (Å²) < 4.78 is 28.2. The number of hydrogen-bond acceptors (Lipinski definition) is 5. The van der Waals surface area contributed by atoms with E-state index in [0.29, 0.717) is 17.1 Å². The third-order valence-electron chi connectivity index (χ3n) is 2.98. The summed E-state index contributed by atoms with van der Waals surface area (Å²) in [5, 5.41) is 0. The first-order chi connectivity index (χ1) is 11.0. The highest BCUT2D eigenvalue weighted by molar-refractivity contribution is 7.75. The van der Waals surface area contributed by atoms with Crippen LogP contribution in [-0.4, -0.2) is 26.0 Å². The fourth-order valence-corrected chi connectivity index (χ4v) is 2.57. The number of benzene rings is 2. The number of nitrogen functional groups attached to an aromatic ring is 1. The summed E-state index contributed by atoms with van der Waals surface area (Å²) in [5.74, 6) is -0.915. The SMILES string of the molecule is CCOC(=O)C(N(c1ccccc1)c1ccc(N)cc1)=S(=O)=O. The molecule has 0 aliphatic heterocycles. The van der Waals surface area contributed by atoms with Gasteiger partial charge in [0.1, 0.15) is 0 Å². The van der Waals surface area contributed by atoms with Gasteiger partial charge in [0, 0.05) is 17.1 Å². The summed E-state index contributed by atoms with van der Waals surface area (Å²) in [5.41, 5.74) is 7.20. The number of rotatable bonds is 3. The summed E-state index contributed by atoms with van der Waals surface area (Å²) in [6.07, 6.45) is 0. The van der Waals surface area contributed by atoms with E-state index in [1.54, 1.807) is 61.5 Å². The predicted molar refractivity (Wildman–Crippen MR) is 90.0 cm³/mol. The molecule has 0 saturated heterocycles. The first kappa shape index (κ1) is 16.6. The Morgan fingerprint density at radius 1 is 1.04 bits per heavy atom. The average Bonchev–Trinajstić information content (AvgIpc) is 2.54. The fraction of sp³-hybridized carbons (Fsp3) is 0.125. The number of nitrogens with zero attached hydrogens (tertiary/aromatic N) is 1. The van der Waals surface area contributed by atoms with Crippen LogP contribution in [0.5, 0.6) is 0 Å². The smallest absolute Gasteiger partial charge is 0.371 e. The van der Waals surface area contributed by atoms with Gasteiger partial charge in [-0.15, -0.1) is 0 Å². The highest BCUT2D eigenvalue weighted by atomic mass is 32.2. The Bertz CT molecular complexity index is 807. The van der Waals surface area contributed by atoms with Crippen LogP contribution in [0, 0.1) is 0 Å². The summed E-state index contributed by atoms with van der Waals surface area (Å²) >= 11 is 0. The molecule has 0 heterocycles. The van der Waals surface area contributed by atoms with Crippen LogP contribution in [0.25, 0.3) is 0 Å². The van der Waals surface area contributed by atoms with E-state index in [1.165, 1.54) is 4.90 Å². The molecule has 6 nitrogen and oxygen atoms in total.